The molecule has 2 heterocycles. The number of pyridine rings is 1. The van der Waals surface area contributed by atoms with Crippen LogP contribution in [0.4, 0.5) is 33.1 Å². The van der Waals surface area contributed by atoms with Crippen LogP contribution in [0.15, 0.2) is 61.2 Å². The number of anilines is 5. The molecule has 1 aliphatic rings. The highest BCUT2D eigenvalue weighted by Crippen LogP contribution is 2.37. The molecule has 3 aromatic rings. The summed E-state index contributed by atoms with van der Waals surface area (Å²) in [5.74, 6) is -0.609. The molecular weight excluding hydrogens is 465 g/mol. The van der Waals surface area contributed by atoms with Crippen molar-refractivity contribution < 1.29 is 23.5 Å². The number of amides is 2. The Balaban J connectivity index is 1.64. The number of methoxy groups -OCH3 is 1. The fourth-order valence-electron chi connectivity index (χ4n) is 3.75. The maximum atomic E-state index is 15.5. The Kier molecular flexibility index (Phi) is 7.45. The first kappa shape index (κ1) is 24.7. The molecule has 0 bridgehead atoms. The maximum absolute atomic E-state index is 15.5. The van der Waals surface area contributed by atoms with Gasteiger partial charge in [0, 0.05) is 29.7 Å². The number of aromatic nitrogens is 1. The Morgan fingerprint density at radius 3 is 2.56 bits per heavy atom. The number of hydrogen-bond donors (Lipinski definition) is 4. The van der Waals surface area contributed by atoms with Gasteiger partial charge in [-0.15, -0.1) is 0 Å². The number of carbonyl (C=O) groups excluding carboxylic acids is 2. The first-order chi connectivity index (χ1) is 17.4. The Morgan fingerprint density at radius 1 is 1.11 bits per heavy atom. The van der Waals surface area contributed by atoms with E-state index in [1.165, 1.54) is 0 Å². The zero-order chi connectivity index (χ0) is 25.7. The van der Waals surface area contributed by atoms with Crippen LogP contribution in [-0.4, -0.2) is 37.1 Å². The number of ether oxygens (including phenoxy) is 2. The second kappa shape index (κ2) is 10.9. The van der Waals surface area contributed by atoms with Crippen molar-refractivity contribution in [3.8, 4) is 5.75 Å². The van der Waals surface area contributed by atoms with Crippen LogP contribution in [0.2, 0.25) is 0 Å². The predicted molar refractivity (Wildman–Crippen MR) is 136 cm³/mol. The van der Waals surface area contributed by atoms with E-state index >= 15 is 4.39 Å². The predicted octanol–water partition coefficient (Wildman–Crippen LogP) is 4.66. The fraction of sp³-hybridized carbons (Fsp3) is 0.192. The van der Waals surface area contributed by atoms with Gasteiger partial charge in [0.05, 0.1) is 18.2 Å². The van der Waals surface area contributed by atoms with Crippen molar-refractivity contribution >= 4 is 40.5 Å². The van der Waals surface area contributed by atoms with Gasteiger partial charge in [-0.1, -0.05) is 12.6 Å². The van der Waals surface area contributed by atoms with E-state index in [0.29, 0.717) is 36.0 Å². The van der Waals surface area contributed by atoms with Gasteiger partial charge < -0.3 is 30.7 Å². The molecule has 1 atom stereocenters. The van der Waals surface area contributed by atoms with Crippen LogP contribution in [0.3, 0.4) is 0 Å². The normalized spacial score (nSPS) is 14.0. The molecule has 0 saturated carbocycles. The molecule has 2 aromatic carbocycles. The molecule has 4 rings (SSSR count). The minimum absolute atomic E-state index is 0.0636. The largest absolute Gasteiger partial charge is 0.491 e. The number of benzene rings is 2. The van der Waals surface area contributed by atoms with Crippen LogP contribution in [0.5, 0.6) is 5.75 Å². The second-order valence-corrected chi connectivity index (χ2v) is 8.00. The lowest BCUT2D eigenvalue weighted by Crippen LogP contribution is -2.17. The summed E-state index contributed by atoms with van der Waals surface area (Å²) in [5, 5.41) is 11.5. The summed E-state index contributed by atoms with van der Waals surface area (Å²) in [6.45, 7) is 6.03. The van der Waals surface area contributed by atoms with Gasteiger partial charge in [0.15, 0.2) is 11.6 Å². The highest BCUT2D eigenvalue weighted by molar-refractivity contribution is 6.04. The van der Waals surface area contributed by atoms with Crippen LogP contribution in [0.1, 0.15) is 28.9 Å². The third kappa shape index (κ3) is 5.44. The number of nitrogens with one attached hydrogen (secondary N) is 4. The maximum Gasteiger partial charge on any atom is 0.255 e. The molecule has 4 N–H and O–H groups in total. The van der Waals surface area contributed by atoms with Crippen molar-refractivity contribution in [3.05, 3.63) is 78.1 Å². The average molecular weight is 492 g/mol. The number of carbonyl (C=O) groups is 2. The van der Waals surface area contributed by atoms with E-state index in [1.54, 1.807) is 62.6 Å². The van der Waals surface area contributed by atoms with E-state index in [9.17, 15) is 9.59 Å². The first-order valence-electron chi connectivity index (χ1n) is 11.2. The molecule has 186 valence electrons. The van der Waals surface area contributed by atoms with E-state index in [-0.39, 0.29) is 28.7 Å². The lowest BCUT2D eigenvalue weighted by molar-refractivity contribution is -0.111. The number of halogens is 1. The Bertz CT molecular complexity index is 1300. The molecule has 1 aliphatic heterocycles. The summed E-state index contributed by atoms with van der Waals surface area (Å²) in [4.78, 5) is 28.6. The van der Waals surface area contributed by atoms with Crippen LogP contribution >= 0.6 is 0 Å². The molecule has 1 aromatic heterocycles. The molecule has 0 radical (unpaired) electrons. The van der Waals surface area contributed by atoms with Crippen molar-refractivity contribution in [1.29, 1.82) is 0 Å². The minimum atomic E-state index is -0.635. The standard InChI is InChI=1S/C26H26FN5O4/c1-4-20(33)29-17-6-5-7-18(14-17)31-25-23(27)21-15(2)28-26(34)22(21)24(32-25)30-16-8-10-19(11-9-16)36-13-12-35-3/h4-11,14-15H,1,12-13H2,2-3H3,(H,28,34)(H,29,33)(H2,30,31,32). The van der Waals surface area contributed by atoms with Gasteiger partial charge in [0.1, 0.15) is 18.2 Å². The molecule has 10 heteroatoms. The summed E-state index contributed by atoms with van der Waals surface area (Å²) in [5.41, 5.74) is 2.01. The van der Waals surface area contributed by atoms with Gasteiger partial charge in [0.2, 0.25) is 5.91 Å². The first-order valence-corrected chi connectivity index (χ1v) is 11.2. The van der Waals surface area contributed by atoms with Crippen molar-refractivity contribution in [1.82, 2.24) is 10.3 Å². The average Bonchev–Trinajstić information content (AvgIpc) is 3.17. The van der Waals surface area contributed by atoms with Crippen molar-refractivity contribution in [3.63, 3.8) is 0 Å². The zero-order valence-corrected chi connectivity index (χ0v) is 19.9. The van der Waals surface area contributed by atoms with Crippen molar-refractivity contribution in [2.75, 3.05) is 36.3 Å². The van der Waals surface area contributed by atoms with E-state index in [1.807, 2.05) is 0 Å². The number of rotatable bonds is 10. The molecule has 0 aliphatic carbocycles. The Labute approximate surface area is 207 Å². The van der Waals surface area contributed by atoms with Gasteiger partial charge in [0.25, 0.3) is 5.91 Å². The van der Waals surface area contributed by atoms with Crippen LogP contribution in [0.25, 0.3) is 0 Å². The smallest absolute Gasteiger partial charge is 0.255 e. The molecular formula is C26H26FN5O4. The molecule has 1 unspecified atom stereocenters. The Hall–Kier alpha value is -4.44. The minimum Gasteiger partial charge on any atom is -0.491 e. The summed E-state index contributed by atoms with van der Waals surface area (Å²) in [6.07, 6.45) is 1.16. The van der Waals surface area contributed by atoms with Gasteiger partial charge >= 0.3 is 0 Å². The monoisotopic (exact) mass is 491 g/mol. The molecule has 0 spiro atoms. The highest BCUT2D eigenvalue weighted by atomic mass is 19.1. The van der Waals surface area contributed by atoms with Crippen molar-refractivity contribution in [2.24, 2.45) is 0 Å². The van der Waals surface area contributed by atoms with Crippen LogP contribution < -0.4 is 26.0 Å². The number of nitrogens with zero attached hydrogens (tertiary/aromatic N) is 1. The van der Waals surface area contributed by atoms with Gasteiger partial charge in [-0.25, -0.2) is 9.37 Å². The molecule has 36 heavy (non-hydrogen) atoms. The molecule has 0 fully saturated rings. The van der Waals surface area contributed by atoms with Crippen molar-refractivity contribution in [2.45, 2.75) is 13.0 Å². The number of hydrogen-bond acceptors (Lipinski definition) is 7. The van der Waals surface area contributed by atoms with E-state index in [0.717, 1.165) is 6.08 Å². The molecule has 2 amide bonds. The second-order valence-electron chi connectivity index (χ2n) is 8.00. The SMILES string of the molecule is C=CC(=O)Nc1cccc(Nc2nc(Nc3ccc(OCCOC)cc3)c3c(c2F)C(C)NC3=O)c1. The lowest BCUT2D eigenvalue weighted by atomic mass is 10.1. The summed E-state index contributed by atoms with van der Waals surface area (Å²) in [6, 6.07) is 13.3. The van der Waals surface area contributed by atoms with Crippen LogP contribution in [0, 0.1) is 5.82 Å². The van der Waals surface area contributed by atoms with Gasteiger partial charge in [-0.2, -0.15) is 0 Å². The quantitative estimate of drug-likeness (QED) is 0.241. The Morgan fingerprint density at radius 2 is 1.83 bits per heavy atom. The summed E-state index contributed by atoms with van der Waals surface area (Å²) in [7, 11) is 1.60. The van der Waals surface area contributed by atoms with E-state index in [2.05, 4.69) is 32.8 Å². The third-order valence-electron chi connectivity index (χ3n) is 5.43. The molecule has 9 nitrogen and oxygen atoms in total. The topological polar surface area (TPSA) is 114 Å². The summed E-state index contributed by atoms with van der Waals surface area (Å²) < 4.78 is 26.1. The fourth-order valence-corrected chi connectivity index (χ4v) is 3.75. The lowest BCUT2D eigenvalue weighted by Gasteiger charge is -2.16. The van der Waals surface area contributed by atoms with Gasteiger partial charge in [-0.05, 0) is 55.5 Å². The zero-order valence-electron chi connectivity index (χ0n) is 19.9. The third-order valence-corrected chi connectivity index (χ3v) is 5.43. The van der Waals surface area contributed by atoms with E-state index < -0.39 is 17.8 Å². The molecule has 0 saturated heterocycles. The highest BCUT2D eigenvalue weighted by Gasteiger charge is 2.34. The van der Waals surface area contributed by atoms with E-state index in [4.69, 9.17) is 9.47 Å². The van der Waals surface area contributed by atoms with Crippen LogP contribution in [-0.2, 0) is 9.53 Å². The number of fused-ring (bicyclic) bond motifs is 1. The summed E-state index contributed by atoms with van der Waals surface area (Å²) >= 11 is 0. The van der Waals surface area contributed by atoms with Gasteiger partial charge in [-0.3, -0.25) is 9.59 Å².